The Bertz CT molecular complexity index is 488. The number of amides is 1. The molecule has 1 amide bonds. The van der Waals surface area contributed by atoms with E-state index in [2.05, 4.69) is 55.1 Å². The van der Waals surface area contributed by atoms with E-state index in [9.17, 15) is 4.79 Å². The Balaban J connectivity index is 1.74. The lowest BCUT2D eigenvalue weighted by Gasteiger charge is -2.40. The fraction of sp³-hybridized carbons (Fsp3) is 0.706. The predicted molar refractivity (Wildman–Crippen MR) is 93.3 cm³/mol. The summed E-state index contributed by atoms with van der Waals surface area (Å²) in [4.78, 5) is 19.4. The predicted octanol–water partition coefficient (Wildman–Crippen LogP) is 2.48. The molecule has 2 heterocycles. The number of piperidine rings is 1. The maximum absolute atomic E-state index is 12.1. The van der Waals surface area contributed by atoms with Gasteiger partial charge in [-0.05, 0) is 59.0 Å². The molecule has 1 aromatic rings. The molecule has 22 heavy (non-hydrogen) atoms. The number of likely N-dealkylation sites (N-methyl/N-ethyl adjacent to an activating group) is 1. The first-order valence-corrected chi connectivity index (χ1v) is 9.07. The molecule has 2 atom stereocenters. The van der Waals surface area contributed by atoms with Gasteiger partial charge in [-0.1, -0.05) is 6.92 Å². The molecule has 0 aliphatic carbocycles. The average molecular weight is 324 g/mol. The van der Waals surface area contributed by atoms with Crippen molar-refractivity contribution in [1.29, 1.82) is 0 Å². The van der Waals surface area contributed by atoms with Crippen molar-refractivity contribution in [3.8, 4) is 0 Å². The largest absolute Gasteiger partial charge is 0.350 e. The second-order valence-electron chi connectivity index (χ2n) is 6.36. The first kappa shape index (κ1) is 17.4. The van der Waals surface area contributed by atoms with Crippen LogP contribution in [0, 0.1) is 6.92 Å². The molecule has 5 heteroatoms. The Hall–Kier alpha value is -0.910. The van der Waals surface area contributed by atoms with E-state index in [0.29, 0.717) is 25.2 Å². The molecule has 4 nitrogen and oxygen atoms in total. The van der Waals surface area contributed by atoms with E-state index in [-0.39, 0.29) is 5.91 Å². The number of carbonyl (C=O) groups is 1. The van der Waals surface area contributed by atoms with Crippen molar-refractivity contribution in [1.82, 2.24) is 15.1 Å². The molecule has 0 unspecified atom stereocenters. The van der Waals surface area contributed by atoms with Gasteiger partial charge < -0.3 is 10.2 Å². The fourth-order valence-corrected chi connectivity index (χ4v) is 4.07. The van der Waals surface area contributed by atoms with Gasteiger partial charge in [0.1, 0.15) is 0 Å². The van der Waals surface area contributed by atoms with Crippen LogP contribution in [-0.4, -0.2) is 54.5 Å². The highest BCUT2D eigenvalue weighted by atomic mass is 32.1. The summed E-state index contributed by atoms with van der Waals surface area (Å²) in [7, 11) is 2.08. The lowest BCUT2D eigenvalue weighted by Crippen LogP contribution is -2.49. The topological polar surface area (TPSA) is 35.6 Å². The molecule has 1 saturated heterocycles. The van der Waals surface area contributed by atoms with Crippen molar-refractivity contribution < 1.29 is 4.79 Å². The number of nitrogens with one attached hydrogen (secondary N) is 1. The van der Waals surface area contributed by atoms with Crippen molar-refractivity contribution in [2.45, 2.75) is 52.2 Å². The molecule has 0 saturated carbocycles. The van der Waals surface area contributed by atoms with Crippen LogP contribution < -0.4 is 5.32 Å². The number of aryl methyl sites for hydroxylation is 1. The Morgan fingerprint density at radius 1 is 1.50 bits per heavy atom. The monoisotopic (exact) mass is 323 g/mol. The van der Waals surface area contributed by atoms with Crippen LogP contribution in [0.25, 0.3) is 0 Å². The highest BCUT2D eigenvalue weighted by Gasteiger charge is 2.27. The van der Waals surface area contributed by atoms with E-state index in [1.165, 1.54) is 9.75 Å². The lowest BCUT2D eigenvalue weighted by molar-refractivity contribution is -0.122. The van der Waals surface area contributed by atoms with Gasteiger partial charge in [0.25, 0.3) is 0 Å². The summed E-state index contributed by atoms with van der Waals surface area (Å²) < 4.78 is 0. The summed E-state index contributed by atoms with van der Waals surface area (Å²) >= 11 is 1.75. The third-order valence-corrected chi connectivity index (χ3v) is 5.67. The van der Waals surface area contributed by atoms with Gasteiger partial charge in [-0.15, -0.1) is 11.3 Å². The molecule has 0 aromatic carbocycles. The maximum atomic E-state index is 12.1. The van der Waals surface area contributed by atoms with E-state index < -0.39 is 0 Å². The highest BCUT2D eigenvalue weighted by molar-refractivity contribution is 7.11. The molecule has 0 spiro atoms. The normalized spacial score (nSPS) is 23.0. The van der Waals surface area contributed by atoms with Crippen molar-refractivity contribution >= 4 is 17.2 Å². The molecule has 0 radical (unpaired) electrons. The third-order valence-electron chi connectivity index (χ3n) is 4.66. The second-order valence-corrected chi connectivity index (χ2v) is 7.73. The van der Waals surface area contributed by atoms with Crippen LogP contribution in [0.1, 0.15) is 36.4 Å². The van der Waals surface area contributed by atoms with E-state index in [4.69, 9.17) is 0 Å². The zero-order chi connectivity index (χ0) is 16.1. The van der Waals surface area contributed by atoms with E-state index >= 15 is 0 Å². The summed E-state index contributed by atoms with van der Waals surface area (Å²) in [5.74, 6) is 0.124. The van der Waals surface area contributed by atoms with Gasteiger partial charge in [0.05, 0.1) is 13.1 Å². The maximum Gasteiger partial charge on any atom is 0.234 e. The van der Waals surface area contributed by atoms with Gasteiger partial charge in [-0.2, -0.15) is 0 Å². The number of hydrogen-bond acceptors (Lipinski definition) is 4. The first-order chi connectivity index (χ1) is 10.5. The summed E-state index contributed by atoms with van der Waals surface area (Å²) in [6.45, 7) is 10.0. The zero-order valence-corrected chi connectivity index (χ0v) is 15.1. The van der Waals surface area contributed by atoms with Crippen LogP contribution in [0.4, 0.5) is 0 Å². The molecule has 124 valence electrons. The Kier molecular flexibility index (Phi) is 6.41. The van der Waals surface area contributed by atoms with Gasteiger partial charge in [-0.25, -0.2) is 0 Å². The van der Waals surface area contributed by atoms with E-state index in [1.54, 1.807) is 11.3 Å². The van der Waals surface area contributed by atoms with Crippen molar-refractivity contribution in [3.63, 3.8) is 0 Å². The Labute approximate surface area is 138 Å². The number of hydrogen-bond donors (Lipinski definition) is 1. The summed E-state index contributed by atoms with van der Waals surface area (Å²) in [5, 5.41) is 3.03. The van der Waals surface area contributed by atoms with Crippen LogP contribution in [0.2, 0.25) is 0 Å². The van der Waals surface area contributed by atoms with Crippen LogP contribution in [0.5, 0.6) is 0 Å². The van der Waals surface area contributed by atoms with Crippen LogP contribution in [-0.2, 0) is 11.3 Å². The summed E-state index contributed by atoms with van der Waals surface area (Å²) in [5.41, 5.74) is 0. The fourth-order valence-electron chi connectivity index (χ4n) is 3.24. The quantitative estimate of drug-likeness (QED) is 0.873. The molecule has 1 fully saturated rings. The molecule has 1 N–H and O–H groups in total. The Morgan fingerprint density at radius 3 is 2.86 bits per heavy atom. The molecule has 1 aliphatic rings. The minimum atomic E-state index is 0.124. The second kappa shape index (κ2) is 8.09. The van der Waals surface area contributed by atoms with Crippen molar-refractivity contribution in [2.24, 2.45) is 0 Å². The SMILES string of the molecule is CCN1CC[C@@H](N(C)CC(=O)NCc2ccc(C)s2)C[C@H]1C. The van der Waals surface area contributed by atoms with Crippen molar-refractivity contribution in [3.05, 3.63) is 21.9 Å². The molecule has 0 bridgehead atoms. The lowest BCUT2D eigenvalue weighted by atomic mass is 9.97. The molecule has 1 aliphatic heterocycles. The molecular formula is C17H29N3OS. The molecule has 2 rings (SSSR count). The third kappa shape index (κ3) is 4.80. The summed E-state index contributed by atoms with van der Waals surface area (Å²) in [6.07, 6.45) is 2.31. The van der Waals surface area contributed by atoms with Gasteiger partial charge in [0.15, 0.2) is 0 Å². The number of nitrogens with zero attached hydrogens (tertiary/aromatic N) is 2. The minimum Gasteiger partial charge on any atom is -0.350 e. The number of rotatable bonds is 6. The number of thiophene rings is 1. The van der Waals surface area contributed by atoms with Gasteiger partial charge >= 0.3 is 0 Å². The molecular weight excluding hydrogens is 294 g/mol. The van der Waals surface area contributed by atoms with Gasteiger partial charge in [-0.3, -0.25) is 9.69 Å². The van der Waals surface area contributed by atoms with Crippen LogP contribution in [0.15, 0.2) is 12.1 Å². The minimum absolute atomic E-state index is 0.124. The zero-order valence-electron chi connectivity index (χ0n) is 14.3. The van der Waals surface area contributed by atoms with Crippen molar-refractivity contribution in [2.75, 3.05) is 26.7 Å². The first-order valence-electron chi connectivity index (χ1n) is 8.26. The van der Waals surface area contributed by atoms with Gasteiger partial charge in [0, 0.05) is 21.8 Å². The van der Waals surface area contributed by atoms with E-state index in [0.717, 1.165) is 25.9 Å². The molecule has 1 aromatic heterocycles. The van der Waals surface area contributed by atoms with Gasteiger partial charge in [0.2, 0.25) is 5.91 Å². The van der Waals surface area contributed by atoms with E-state index in [1.807, 2.05) is 0 Å². The number of likely N-dealkylation sites (tertiary alicyclic amines) is 1. The standard InChI is InChI=1S/C17H29N3OS/c1-5-20-9-8-15(10-13(20)2)19(4)12-17(21)18-11-16-7-6-14(3)22-16/h6-7,13,15H,5,8-12H2,1-4H3,(H,18,21)/t13-,15-/m1/s1. The Morgan fingerprint density at radius 2 is 2.27 bits per heavy atom. The highest BCUT2D eigenvalue weighted by Crippen LogP contribution is 2.20. The van der Waals surface area contributed by atoms with Crippen LogP contribution in [0.3, 0.4) is 0 Å². The number of carbonyl (C=O) groups excluding carboxylic acids is 1. The summed E-state index contributed by atoms with van der Waals surface area (Å²) in [6, 6.07) is 5.32. The average Bonchev–Trinajstić information content (AvgIpc) is 2.90. The smallest absolute Gasteiger partial charge is 0.234 e. The van der Waals surface area contributed by atoms with Crippen LogP contribution >= 0.6 is 11.3 Å².